The lowest BCUT2D eigenvalue weighted by Gasteiger charge is -2.07. The quantitative estimate of drug-likeness (QED) is 0.239. The van der Waals surface area contributed by atoms with Crippen molar-refractivity contribution in [3.05, 3.63) is 109 Å². The molecule has 6 heteroatoms. The van der Waals surface area contributed by atoms with Crippen molar-refractivity contribution in [2.75, 3.05) is 0 Å². The first-order valence-corrected chi connectivity index (χ1v) is 12.8. The number of aromatic nitrogens is 4. The lowest BCUT2D eigenvalue weighted by atomic mass is 10.0. The molecule has 0 spiro atoms. The molecule has 8 aromatic rings. The molecule has 0 unspecified atom stereocenters. The van der Waals surface area contributed by atoms with Gasteiger partial charge in [-0.2, -0.15) is 0 Å². The zero-order chi connectivity index (χ0) is 25.5. The molecule has 9 rings (SSSR count). The van der Waals surface area contributed by atoms with Crippen molar-refractivity contribution in [2.24, 2.45) is 0 Å². The predicted octanol–water partition coefficient (Wildman–Crippen LogP) is 7.97. The van der Waals surface area contributed by atoms with Gasteiger partial charge in [0.1, 0.15) is 40.6 Å². The highest BCUT2D eigenvalue weighted by molar-refractivity contribution is 6.10. The first kappa shape index (κ1) is 20.7. The van der Waals surface area contributed by atoms with Crippen LogP contribution in [0.25, 0.3) is 77.8 Å². The fraction of sp³-hybridized carbons (Fsp3) is 0.0303. The van der Waals surface area contributed by atoms with Crippen molar-refractivity contribution in [1.82, 2.24) is 19.9 Å². The summed E-state index contributed by atoms with van der Waals surface area (Å²) in [6, 6.07) is 28.8. The summed E-state index contributed by atoms with van der Waals surface area (Å²) in [5, 5.41) is 3.03. The minimum absolute atomic E-state index is 0.683. The normalized spacial score (nSPS) is 12.5. The summed E-state index contributed by atoms with van der Waals surface area (Å²) in [4.78, 5) is 18.5. The largest absolute Gasteiger partial charge is 0.456 e. The van der Waals surface area contributed by atoms with Gasteiger partial charge in [-0.25, -0.2) is 19.9 Å². The number of hydrogen-bond donors (Lipinski definition) is 0. The van der Waals surface area contributed by atoms with Gasteiger partial charge >= 0.3 is 0 Å². The zero-order valence-electron chi connectivity index (χ0n) is 20.6. The second kappa shape index (κ2) is 7.58. The van der Waals surface area contributed by atoms with Gasteiger partial charge in [-0.05, 0) is 54.1 Å². The number of para-hydroxylation sites is 1. The second-order valence-corrected chi connectivity index (χ2v) is 9.91. The Bertz CT molecular complexity index is 2280. The van der Waals surface area contributed by atoms with Crippen molar-refractivity contribution < 1.29 is 8.83 Å². The van der Waals surface area contributed by atoms with Gasteiger partial charge in [0, 0.05) is 44.8 Å². The number of nitrogens with zero attached hydrogens (tertiary/aromatic N) is 4. The molecule has 39 heavy (non-hydrogen) atoms. The molecule has 6 nitrogen and oxygen atoms in total. The maximum Gasteiger partial charge on any atom is 0.180 e. The van der Waals surface area contributed by atoms with Crippen molar-refractivity contribution >= 4 is 44.0 Å². The van der Waals surface area contributed by atoms with E-state index in [0.717, 1.165) is 73.1 Å². The summed E-state index contributed by atoms with van der Waals surface area (Å²) in [5.41, 5.74) is 12.3. The molecular formula is C33H18N4O2. The van der Waals surface area contributed by atoms with Crippen LogP contribution in [0.3, 0.4) is 0 Å². The summed E-state index contributed by atoms with van der Waals surface area (Å²) in [6.45, 7) is 0. The van der Waals surface area contributed by atoms with Gasteiger partial charge in [-0.1, -0.05) is 36.4 Å². The highest BCUT2D eigenvalue weighted by Gasteiger charge is 2.24. The number of furan rings is 2. The average molecular weight is 503 g/mol. The third-order valence-corrected chi connectivity index (χ3v) is 7.76. The van der Waals surface area contributed by atoms with E-state index in [1.807, 2.05) is 42.5 Å². The molecule has 0 fully saturated rings. The smallest absolute Gasteiger partial charge is 0.180 e. The lowest BCUT2D eigenvalue weighted by Crippen LogP contribution is -1.94. The van der Waals surface area contributed by atoms with Crippen LogP contribution in [0.5, 0.6) is 0 Å². The summed E-state index contributed by atoms with van der Waals surface area (Å²) < 4.78 is 12.4. The van der Waals surface area contributed by atoms with Crippen molar-refractivity contribution in [2.45, 2.75) is 6.42 Å². The molecular weight excluding hydrogens is 484 g/mol. The number of benzene rings is 4. The van der Waals surface area contributed by atoms with Gasteiger partial charge in [0.05, 0.1) is 11.4 Å². The Morgan fingerprint density at radius 3 is 2.08 bits per heavy atom. The van der Waals surface area contributed by atoms with E-state index >= 15 is 0 Å². The van der Waals surface area contributed by atoms with E-state index in [0.29, 0.717) is 5.58 Å². The van der Waals surface area contributed by atoms with E-state index in [4.69, 9.17) is 13.8 Å². The summed E-state index contributed by atoms with van der Waals surface area (Å²) in [6.07, 6.45) is 4.10. The molecule has 182 valence electrons. The molecule has 0 aliphatic heterocycles. The first-order chi connectivity index (χ1) is 19.3. The van der Waals surface area contributed by atoms with Crippen LogP contribution < -0.4 is 0 Å². The molecule has 0 saturated carbocycles. The van der Waals surface area contributed by atoms with E-state index in [-0.39, 0.29) is 0 Å². The van der Waals surface area contributed by atoms with Crippen molar-refractivity contribution in [1.29, 1.82) is 0 Å². The van der Waals surface area contributed by atoms with Crippen LogP contribution in [0, 0.1) is 0 Å². The monoisotopic (exact) mass is 502 g/mol. The molecule has 4 heterocycles. The molecule has 4 aromatic heterocycles. The second-order valence-electron chi connectivity index (χ2n) is 9.91. The Morgan fingerprint density at radius 1 is 0.538 bits per heavy atom. The fourth-order valence-corrected chi connectivity index (χ4v) is 5.96. The predicted molar refractivity (Wildman–Crippen MR) is 151 cm³/mol. The van der Waals surface area contributed by atoms with Gasteiger partial charge in [0.15, 0.2) is 5.58 Å². The zero-order valence-corrected chi connectivity index (χ0v) is 20.6. The number of fused-ring (bicyclic) bond motifs is 9. The molecule has 1 aliphatic rings. The van der Waals surface area contributed by atoms with Crippen molar-refractivity contribution in [3.63, 3.8) is 0 Å². The highest BCUT2D eigenvalue weighted by Crippen LogP contribution is 2.41. The van der Waals surface area contributed by atoms with Crippen LogP contribution in [-0.2, 0) is 6.42 Å². The summed E-state index contributed by atoms with van der Waals surface area (Å²) in [7, 11) is 0. The molecule has 4 aromatic carbocycles. The van der Waals surface area contributed by atoms with Crippen LogP contribution >= 0.6 is 0 Å². The standard InChI is InChI=1S/C33H18N4O2/c1-2-6-21-18(5-1)13-25-29(34-16-36-31(21)25)19-9-11-27-23(14-19)24-15-20(10-12-28(24)38-27)30-33-32(37-17-35-30)22-7-3-4-8-26(22)39-33/h1-12,14-17H,13H2. The van der Waals surface area contributed by atoms with Gasteiger partial charge < -0.3 is 8.83 Å². The minimum Gasteiger partial charge on any atom is -0.456 e. The minimum atomic E-state index is 0.683. The van der Waals surface area contributed by atoms with E-state index in [9.17, 15) is 0 Å². The maximum atomic E-state index is 6.22. The van der Waals surface area contributed by atoms with Crippen LogP contribution in [0.4, 0.5) is 0 Å². The van der Waals surface area contributed by atoms with Crippen LogP contribution in [0.1, 0.15) is 11.1 Å². The SMILES string of the molecule is c1ccc2c(c1)Cc1c(-c3ccc4oc5ccc(-c6ncnc7c6oc6ccccc67)cc5c4c3)ncnc1-2. The van der Waals surface area contributed by atoms with E-state index in [1.165, 1.54) is 16.7 Å². The summed E-state index contributed by atoms with van der Waals surface area (Å²) >= 11 is 0. The number of rotatable bonds is 2. The van der Waals surface area contributed by atoms with Gasteiger partial charge in [-0.3, -0.25) is 0 Å². The highest BCUT2D eigenvalue weighted by atomic mass is 16.3. The van der Waals surface area contributed by atoms with E-state index in [2.05, 4.69) is 57.4 Å². The van der Waals surface area contributed by atoms with Gasteiger partial charge in [-0.15, -0.1) is 0 Å². The van der Waals surface area contributed by atoms with E-state index < -0.39 is 0 Å². The van der Waals surface area contributed by atoms with E-state index in [1.54, 1.807) is 12.7 Å². The lowest BCUT2D eigenvalue weighted by molar-refractivity contribution is 0.666. The molecule has 0 saturated heterocycles. The maximum absolute atomic E-state index is 6.22. The molecule has 0 atom stereocenters. The molecule has 0 bridgehead atoms. The Morgan fingerprint density at radius 2 is 1.21 bits per heavy atom. The average Bonchev–Trinajstić information content (AvgIpc) is 3.67. The van der Waals surface area contributed by atoms with Crippen LogP contribution in [0.15, 0.2) is 106 Å². The summed E-state index contributed by atoms with van der Waals surface area (Å²) in [5.74, 6) is 0. The van der Waals surface area contributed by atoms with Gasteiger partial charge in [0.25, 0.3) is 0 Å². The number of hydrogen-bond acceptors (Lipinski definition) is 6. The molecule has 0 N–H and O–H groups in total. The topological polar surface area (TPSA) is 77.8 Å². The Balaban J connectivity index is 1.23. The third-order valence-electron chi connectivity index (χ3n) is 7.76. The first-order valence-electron chi connectivity index (χ1n) is 12.8. The Kier molecular flexibility index (Phi) is 4.02. The fourth-order valence-electron chi connectivity index (χ4n) is 5.96. The third kappa shape index (κ3) is 2.91. The van der Waals surface area contributed by atoms with Crippen molar-refractivity contribution in [3.8, 4) is 33.8 Å². The van der Waals surface area contributed by atoms with Crippen LogP contribution in [0.2, 0.25) is 0 Å². The Labute approximate surface area is 221 Å². The molecule has 0 radical (unpaired) electrons. The van der Waals surface area contributed by atoms with Gasteiger partial charge in [0.2, 0.25) is 0 Å². The Hall–Kier alpha value is -5.36. The molecule has 0 amide bonds. The molecule has 1 aliphatic carbocycles. The van der Waals surface area contributed by atoms with Crippen LogP contribution in [-0.4, -0.2) is 19.9 Å².